The fourth-order valence-corrected chi connectivity index (χ4v) is 2.25. The smallest absolute Gasteiger partial charge is 0.188 e. The first-order valence-electron chi connectivity index (χ1n) is 5.91. The van der Waals surface area contributed by atoms with E-state index in [2.05, 4.69) is 30.4 Å². The maximum Gasteiger partial charge on any atom is 0.188 e. The predicted molar refractivity (Wildman–Crippen MR) is 73.6 cm³/mol. The minimum absolute atomic E-state index is 0.583. The quantitative estimate of drug-likeness (QED) is 0.528. The van der Waals surface area contributed by atoms with Gasteiger partial charge in [-0.1, -0.05) is 17.8 Å². The van der Waals surface area contributed by atoms with Crippen LogP contribution in [0.4, 0.5) is 0 Å². The topological polar surface area (TPSA) is 82.3 Å². The van der Waals surface area contributed by atoms with Crippen LogP contribution < -0.4 is 0 Å². The first-order valence-corrected chi connectivity index (χ1v) is 6.90. The monoisotopic (exact) mass is 285 g/mol. The summed E-state index contributed by atoms with van der Waals surface area (Å²) in [6.45, 7) is 0. The fraction of sp³-hybridized carbons (Fsp3) is 0.167. The number of pyridine rings is 1. The van der Waals surface area contributed by atoms with Crippen molar-refractivity contribution < 1.29 is 0 Å². The van der Waals surface area contributed by atoms with Crippen molar-refractivity contribution in [2.75, 3.05) is 0 Å². The van der Waals surface area contributed by atoms with Gasteiger partial charge in [0.15, 0.2) is 11.0 Å². The van der Waals surface area contributed by atoms with Crippen LogP contribution in [0, 0.1) is 0 Å². The van der Waals surface area contributed by atoms with E-state index in [1.54, 1.807) is 19.4 Å². The van der Waals surface area contributed by atoms with Crippen LogP contribution in [0.5, 0.6) is 0 Å². The summed E-state index contributed by atoms with van der Waals surface area (Å²) in [6, 6.07) is 7.56. The van der Waals surface area contributed by atoms with Crippen LogP contribution in [0.3, 0.4) is 0 Å². The number of aryl methyl sites for hydroxylation is 1. The SMILES string of the molecule is Cn1nnc(CSc2nccc(-c3ccccn3)n2)n1. The molecule has 0 aromatic carbocycles. The van der Waals surface area contributed by atoms with Crippen LogP contribution in [-0.4, -0.2) is 35.2 Å². The molecule has 0 aliphatic rings. The van der Waals surface area contributed by atoms with Crippen molar-refractivity contribution in [1.29, 1.82) is 0 Å². The Hall–Kier alpha value is -2.35. The van der Waals surface area contributed by atoms with Crippen LogP contribution in [0.15, 0.2) is 41.8 Å². The largest absolute Gasteiger partial charge is 0.255 e. The summed E-state index contributed by atoms with van der Waals surface area (Å²) < 4.78 is 0. The van der Waals surface area contributed by atoms with Gasteiger partial charge in [-0.05, 0) is 23.4 Å². The fourth-order valence-electron chi connectivity index (χ4n) is 1.58. The highest BCUT2D eigenvalue weighted by atomic mass is 32.2. The first-order chi connectivity index (χ1) is 9.81. The second-order valence-electron chi connectivity index (χ2n) is 3.92. The Kier molecular flexibility index (Phi) is 3.64. The Labute approximate surface area is 119 Å². The molecular formula is C12H11N7S. The molecule has 8 heteroatoms. The molecule has 0 radical (unpaired) electrons. The summed E-state index contributed by atoms with van der Waals surface area (Å²) in [4.78, 5) is 14.4. The zero-order valence-electron chi connectivity index (χ0n) is 10.7. The lowest BCUT2D eigenvalue weighted by molar-refractivity contribution is 0.628. The summed E-state index contributed by atoms with van der Waals surface area (Å²) in [6.07, 6.45) is 3.47. The van der Waals surface area contributed by atoms with Crippen molar-refractivity contribution in [3.05, 3.63) is 42.5 Å². The van der Waals surface area contributed by atoms with Gasteiger partial charge in [0.1, 0.15) is 0 Å². The third-order valence-electron chi connectivity index (χ3n) is 2.44. The van der Waals surface area contributed by atoms with E-state index in [9.17, 15) is 0 Å². The molecule has 0 amide bonds. The van der Waals surface area contributed by atoms with Gasteiger partial charge < -0.3 is 0 Å². The van der Waals surface area contributed by atoms with E-state index < -0.39 is 0 Å². The highest BCUT2D eigenvalue weighted by molar-refractivity contribution is 7.98. The van der Waals surface area contributed by atoms with Crippen molar-refractivity contribution in [3.8, 4) is 11.4 Å². The highest BCUT2D eigenvalue weighted by Gasteiger charge is 2.06. The summed E-state index contributed by atoms with van der Waals surface area (Å²) in [5.74, 6) is 1.24. The average Bonchev–Trinajstić information content (AvgIpc) is 2.92. The van der Waals surface area contributed by atoms with E-state index in [1.807, 2.05) is 24.3 Å². The molecule has 0 saturated heterocycles. The first kappa shape index (κ1) is 12.7. The number of aromatic nitrogens is 7. The van der Waals surface area contributed by atoms with Crippen molar-refractivity contribution in [1.82, 2.24) is 35.2 Å². The number of rotatable bonds is 4. The minimum Gasteiger partial charge on any atom is -0.255 e. The van der Waals surface area contributed by atoms with Crippen LogP contribution in [-0.2, 0) is 12.8 Å². The van der Waals surface area contributed by atoms with Crippen molar-refractivity contribution >= 4 is 11.8 Å². The molecule has 0 aliphatic heterocycles. The van der Waals surface area contributed by atoms with Crippen LogP contribution in [0.25, 0.3) is 11.4 Å². The molecule has 0 N–H and O–H groups in total. The van der Waals surface area contributed by atoms with E-state index in [1.165, 1.54) is 16.6 Å². The van der Waals surface area contributed by atoms with Gasteiger partial charge in [-0.3, -0.25) is 4.98 Å². The van der Waals surface area contributed by atoms with Crippen LogP contribution >= 0.6 is 11.8 Å². The summed E-state index contributed by atoms with van der Waals surface area (Å²) in [5, 5.41) is 12.5. The van der Waals surface area contributed by atoms with Gasteiger partial charge >= 0.3 is 0 Å². The molecule has 0 spiro atoms. The molecule has 3 heterocycles. The van der Waals surface area contributed by atoms with Gasteiger partial charge in [-0.25, -0.2) is 9.97 Å². The molecule has 3 aromatic heterocycles. The summed E-state index contributed by atoms with van der Waals surface area (Å²) in [7, 11) is 1.74. The lowest BCUT2D eigenvalue weighted by Crippen LogP contribution is -1.94. The zero-order valence-corrected chi connectivity index (χ0v) is 11.5. The Morgan fingerprint density at radius 2 is 2.05 bits per heavy atom. The average molecular weight is 285 g/mol. The Morgan fingerprint density at radius 3 is 2.80 bits per heavy atom. The molecule has 0 saturated carbocycles. The van der Waals surface area contributed by atoms with Crippen molar-refractivity contribution in [2.45, 2.75) is 10.9 Å². The van der Waals surface area contributed by atoms with Crippen LogP contribution in [0.1, 0.15) is 5.82 Å². The van der Waals surface area contributed by atoms with Crippen LogP contribution in [0.2, 0.25) is 0 Å². The number of hydrogen-bond acceptors (Lipinski definition) is 7. The molecule has 0 fully saturated rings. The molecule has 0 aliphatic carbocycles. The van der Waals surface area contributed by atoms with Gasteiger partial charge in [0.2, 0.25) is 0 Å². The molecular weight excluding hydrogens is 274 g/mol. The zero-order chi connectivity index (χ0) is 13.8. The highest BCUT2D eigenvalue weighted by Crippen LogP contribution is 2.20. The second kappa shape index (κ2) is 5.74. The normalized spacial score (nSPS) is 10.7. The number of hydrogen-bond donors (Lipinski definition) is 0. The molecule has 3 rings (SSSR count). The maximum absolute atomic E-state index is 4.47. The van der Waals surface area contributed by atoms with E-state index in [0.29, 0.717) is 16.7 Å². The lowest BCUT2D eigenvalue weighted by Gasteiger charge is -2.01. The van der Waals surface area contributed by atoms with Gasteiger partial charge in [0, 0.05) is 12.4 Å². The van der Waals surface area contributed by atoms with Gasteiger partial charge in [0.05, 0.1) is 24.2 Å². The lowest BCUT2D eigenvalue weighted by atomic mass is 10.3. The summed E-state index contributed by atoms with van der Waals surface area (Å²) in [5.41, 5.74) is 1.63. The molecule has 7 nitrogen and oxygen atoms in total. The predicted octanol–water partition coefficient (Wildman–Crippen LogP) is 1.35. The molecule has 0 atom stereocenters. The van der Waals surface area contributed by atoms with Crippen molar-refractivity contribution in [3.63, 3.8) is 0 Å². The van der Waals surface area contributed by atoms with E-state index in [0.717, 1.165) is 11.4 Å². The Bertz CT molecular complexity index is 698. The molecule has 20 heavy (non-hydrogen) atoms. The van der Waals surface area contributed by atoms with Gasteiger partial charge in [-0.2, -0.15) is 4.80 Å². The molecule has 0 unspecified atom stereocenters. The summed E-state index contributed by atoms with van der Waals surface area (Å²) >= 11 is 1.47. The minimum atomic E-state index is 0.583. The van der Waals surface area contributed by atoms with E-state index in [-0.39, 0.29) is 0 Å². The Morgan fingerprint density at radius 1 is 1.10 bits per heavy atom. The maximum atomic E-state index is 4.47. The van der Waals surface area contributed by atoms with E-state index >= 15 is 0 Å². The third-order valence-corrected chi connectivity index (χ3v) is 3.30. The van der Waals surface area contributed by atoms with Gasteiger partial charge in [0.25, 0.3) is 0 Å². The standard InChI is InChI=1S/C12H11N7S/c1-19-17-11(16-18-19)8-20-12-14-7-5-10(15-12)9-4-2-3-6-13-9/h2-7H,8H2,1H3. The molecule has 3 aromatic rings. The number of tetrazole rings is 1. The Balaban J connectivity index is 1.75. The third kappa shape index (κ3) is 2.97. The molecule has 100 valence electrons. The second-order valence-corrected chi connectivity index (χ2v) is 4.87. The van der Waals surface area contributed by atoms with Crippen molar-refractivity contribution in [2.24, 2.45) is 7.05 Å². The number of nitrogens with zero attached hydrogens (tertiary/aromatic N) is 7. The number of thioether (sulfide) groups is 1. The molecule has 0 bridgehead atoms. The van der Waals surface area contributed by atoms with Gasteiger partial charge in [-0.15, -0.1) is 10.2 Å². The van der Waals surface area contributed by atoms with E-state index in [4.69, 9.17) is 0 Å².